The molecule has 0 radical (unpaired) electrons. The molecule has 1 aliphatic heterocycles. The molecule has 174 valence electrons. The van der Waals surface area contributed by atoms with Crippen LogP contribution in [-0.2, 0) is 22.7 Å². The van der Waals surface area contributed by atoms with Crippen molar-refractivity contribution in [3.05, 3.63) is 113 Å². The summed E-state index contributed by atoms with van der Waals surface area (Å²) in [7, 11) is 0. The summed E-state index contributed by atoms with van der Waals surface area (Å²) < 4.78 is 11.3. The van der Waals surface area contributed by atoms with Crippen LogP contribution in [0.2, 0.25) is 0 Å². The molecule has 34 heavy (non-hydrogen) atoms. The zero-order valence-corrected chi connectivity index (χ0v) is 19.4. The van der Waals surface area contributed by atoms with E-state index in [-0.39, 0.29) is 12.6 Å². The second-order valence-corrected chi connectivity index (χ2v) is 8.02. The quantitative estimate of drug-likeness (QED) is 0.463. The molecule has 0 aromatic heterocycles. The molecule has 0 spiro atoms. The van der Waals surface area contributed by atoms with Crippen molar-refractivity contribution in [1.82, 2.24) is 10.2 Å². The molecule has 0 saturated carbocycles. The zero-order chi connectivity index (χ0) is 23.9. The molecule has 4 rings (SSSR count). The number of allylic oxidation sites excluding steroid dienone is 1. The summed E-state index contributed by atoms with van der Waals surface area (Å²) in [6.45, 7) is 4.58. The third-order valence-corrected chi connectivity index (χ3v) is 5.71. The van der Waals surface area contributed by atoms with Crippen LogP contribution in [0.3, 0.4) is 0 Å². The molecule has 6 nitrogen and oxygen atoms in total. The van der Waals surface area contributed by atoms with Crippen molar-refractivity contribution in [2.45, 2.75) is 33.0 Å². The lowest BCUT2D eigenvalue weighted by atomic mass is 9.94. The molecule has 0 fully saturated rings. The maximum atomic E-state index is 13.1. The van der Waals surface area contributed by atoms with E-state index in [1.807, 2.05) is 84.9 Å². The SMILES string of the molecule is CCOC(=O)C1=C(C)N(Cc2ccccc2)C(=O)NC1c1cccc(OCc2ccccc2)c1. The molecule has 6 heteroatoms. The Bertz CT molecular complexity index is 1180. The first-order chi connectivity index (χ1) is 16.6. The first-order valence-corrected chi connectivity index (χ1v) is 11.3. The average molecular weight is 457 g/mol. The monoisotopic (exact) mass is 456 g/mol. The number of nitrogens with zero attached hydrogens (tertiary/aromatic N) is 1. The van der Waals surface area contributed by atoms with E-state index in [1.54, 1.807) is 18.7 Å². The minimum atomic E-state index is -0.640. The van der Waals surface area contributed by atoms with E-state index >= 15 is 0 Å². The lowest BCUT2D eigenvalue weighted by Crippen LogP contribution is -2.47. The zero-order valence-electron chi connectivity index (χ0n) is 19.4. The van der Waals surface area contributed by atoms with Crippen LogP contribution >= 0.6 is 0 Å². The number of carbonyl (C=O) groups excluding carboxylic acids is 2. The van der Waals surface area contributed by atoms with Crippen molar-refractivity contribution in [2.24, 2.45) is 0 Å². The van der Waals surface area contributed by atoms with Gasteiger partial charge >= 0.3 is 12.0 Å². The molecule has 3 aromatic rings. The van der Waals surface area contributed by atoms with Crippen molar-refractivity contribution in [3.8, 4) is 5.75 Å². The highest BCUT2D eigenvalue weighted by Crippen LogP contribution is 2.33. The molecule has 1 atom stereocenters. The van der Waals surface area contributed by atoms with E-state index in [4.69, 9.17) is 9.47 Å². The molecule has 3 aromatic carbocycles. The predicted octanol–water partition coefficient (Wildman–Crippen LogP) is 5.37. The van der Waals surface area contributed by atoms with Crippen LogP contribution in [0.15, 0.2) is 96.2 Å². The summed E-state index contributed by atoms with van der Waals surface area (Å²) in [6.07, 6.45) is 0. The standard InChI is InChI=1S/C28H28N2O4/c1-3-33-27(31)25-20(2)30(18-21-11-6-4-7-12-21)28(32)29-26(25)23-15-10-16-24(17-23)34-19-22-13-8-5-9-14-22/h4-17,26H,3,18-19H2,1-2H3,(H,29,32). The van der Waals surface area contributed by atoms with E-state index in [9.17, 15) is 9.59 Å². The summed E-state index contributed by atoms with van der Waals surface area (Å²) in [4.78, 5) is 27.7. The van der Waals surface area contributed by atoms with Crippen LogP contribution < -0.4 is 10.1 Å². The van der Waals surface area contributed by atoms with E-state index < -0.39 is 12.0 Å². The Labute approximate surface area is 199 Å². The number of urea groups is 1. The Kier molecular flexibility index (Phi) is 7.28. The molecule has 1 heterocycles. The number of benzene rings is 3. The second-order valence-electron chi connectivity index (χ2n) is 8.02. The molecule has 1 aliphatic rings. The van der Waals surface area contributed by atoms with Gasteiger partial charge in [0.25, 0.3) is 0 Å². The molecule has 0 saturated heterocycles. The second kappa shape index (κ2) is 10.7. The molecule has 1 unspecified atom stereocenters. The van der Waals surface area contributed by atoms with Crippen molar-refractivity contribution in [3.63, 3.8) is 0 Å². The maximum absolute atomic E-state index is 13.1. The number of hydrogen-bond acceptors (Lipinski definition) is 4. The maximum Gasteiger partial charge on any atom is 0.338 e. The number of hydrogen-bond donors (Lipinski definition) is 1. The normalized spacial score (nSPS) is 15.6. The molecular weight excluding hydrogens is 428 g/mol. The lowest BCUT2D eigenvalue weighted by Gasteiger charge is -2.35. The Morgan fingerprint density at radius 3 is 2.29 bits per heavy atom. The van der Waals surface area contributed by atoms with Crippen LogP contribution in [0, 0.1) is 0 Å². The van der Waals surface area contributed by atoms with Crippen molar-refractivity contribution >= 4 is 12.0 Å². The number of ether oxygens (including phenoxy) is 2. The number of amides is 2. The van der Waals surface area contributed by atoms with Gasteiger partial charge in [0.2, 0.25) is 0 Å². The van der Waals surface area contributed by atoms with Crippen LogP contribution in [-0.4, -0.2) is 23.5 Å². The van der Waals surface area contributed by atoms with Gasteiger partial charge < -0.3 is 14.8 Å². The van der Waals surface area contributed by atoms with Crippen molar-refractivity contribution in [2.75, 3.05) is 6.61 Å². The summed E-state index contributed by atoms with van der Waals surface area (Å²) in [5.74, 6) is 0.210. The van der Waals surface area contributed by atoms with Gasteiger partial charge in [0, 0.05) is 5.70 Å². The smallest absolute Gasteiger partial charge is 0.338 e. The van der Waals surface area contributed by atoms with Gasteiger partial charge in [-0.1, -0.05) is 72.8 Å². The first-order valence-electron chi connectivity index (χ1n) is 11.3. The predicted molar refractivity (Wildman–Crippen MR) is 130 cm³/mol. The Morgan fingerprint density at radius 2 is 1.62 bits per heavy atom. The number of nitrogens with one attached hydrogen (secondary N) is 1. The van der Waals surface area contributed by atoms with Crippen molar-refractivity contribution < 1.29 is 19.1 Å². The topological polar surface area (TPSA) is 67.9 Å². The Hall–Kier alpha value is -4.06. The number of rotatable bonds is 8. The highest BCUT2D eigenvalue weighted by Gasteiger charge is 2.36. The van der Waals surface area contributed by atoms with Crippen LogP contribution in [0.4, 0.5) is 4.79 Å². The van der Waals surface area contributed by atoms with Gasteiger partial charge in [-0.3, -0.25) is 4.90 Å². The van der Waals surface area contributed by atoms with Gasteiger partial charge in [-0.15, -0.1) is 0 Å². The number of carbonyl (C=O) groups is 2. The fourth-order valence-electron chi connectivity index (χ4n) is 3.99. The van der Waals surface area contributed by atoms with Crippen molar-refractivity contribution in [1.29, 1.82) is 0 Å². The minimum absolute atomic E-state index is 0.245. The largest absolute Gasteiger partial charge is 0.489 e. The number of esters is 1. The van der Waals surface area contributed by atoms with E-state index in [2.05, 4.69) is 5.32 Å². The van der Waals surface area contributed by atoms with Crippen LogP contribution in [0.25, 0.3) is 0 Å². The van der Waals surface area contributed by atoms with Crippen LogP contribution in [0.1, 0.15) is 36.6 Å². The summed E-state index contributed by atoms with van der Waals surface area (Å²) >= 11 is 0. The van der Waals surface area contributed by atoms with E-state index in [0.717, 1.165) is 16.7 Å². The molecule has 2 amide bonds. The molecule has 0 aliphatic carbocycles. The average Bonchev–Trinajstić information content (AvgIpc) is 2.86. The fourth-order valence-corrected chi connectivity index (χ4v) is 3.99. The summed E-state index contributed by atoms with van der Waals surface area (Å²) in [5, 5.41) is 3.00. The summed E-state index contributed by atoms with van der Waals surface area (Å²) in [6, 6.07) is 26.1. The van der Waals surface area contributed by atoms with Gasteiger partial charge in [0.05, 0.1) is 24.8 Å². The minimum Gasteiger partial charge on any atom is -0.489 e. The molecular formula is C28H28N2O4. The van der Waals surface area contributed by atoms with E-state index in [1.165, 1.54) is 0 Å². The molecule has 0 bridgehead atoms. The highest BCUT2D eigenvalue weighted by molar-refractivity contribution is 5.95. The highest BCUT2D eigenvalue weighted by atomic mass is 16.5. The Morgan fingerprint density at radius 1 is 0.941 bits per heavy atom. The van der Waals surface area contributed by atoms with E-state index in [0.29, 0.717) is 30.2 Å². The van der Waals surface area contributed by atoms with Gasteiger partial charge in [-0.2, -0.15) is 0 Å². The summed E-state index contributed by atoms with van der Waals surface area (Å²) in [5.41, 5.74) is 3.76. The van der Waals surface area contributed by atoms with Crippen LogP contribution in [0.5, 0.6) is 5.75 Å². The van der Waals surface area contributed by atoms with Gasteiger partial charge in [0.1, 0.15) is 12.4 Å². The van der Waals surface area contributed by atoms with Gasteiger partial charge in [-0.05, 0) is 42.7 Å². The third-order valence-electron chi connectivity index (χ3n) is 5.71. The molecule has 1 N–H and O–H groups in total. The Balaban J connectivity index is 1.63. The van der Waals surface area contributed by atoms with Gasteiger partial charge in [-0.25, -0.2) is 9.59 Å². The third kappa shape index (κ3) is 5.29. The lowest BCUT2D eigenvalue weighted by molar-refractivity contribution is -0.139. The fraction of sp³-hybridized carbons (Fsp3) is 0.214. The van der Waals surface area contributed by atoms with Gasteiger partial charge in [0.15, 0.2) is 0 Å². The first kappa shape index (κ1) is 23.1.